The fraction of sp³-hybridized carbons (Fsp3) is 0.538. The van der Waals surface area contributed by atoms with Gasteiger partial charge in [0.15, 0.2) is 5.78 Å². The van der Waals surface area contributed by atoms with Crippen molar-refractivity contribution in [2.24, 2.45) is 5.73 Å². The lowest BCUT2D eigenvalue weighted by Gasteiger charge is -2.10. The highest BCUT2D eigenvalue weighted by molar-refractivity contribution is 5.97. The zero-order valence-electron chi connectivity index (χ0n) is 10.7. The molecule has 0 aromatic carbocycles. The van der Waals surface area contributed by atoms with E-state index in [9.17, 15) is 14.7 Å². The van der Waals surface area contributed by atoms with Gasteiger partial charge in [0.05, 0.1) is 0 Å². The summed E-state index contributed by atoms with van der Waals surface area (Å²) in [5.74, 6) is -0.341. The van der Waals surface area contributed by atoms with Gasteiger partial charge in [0, 0.05) is 18.4 Å². The number of rotatable bonds is 6. The zero-order valence-corrected chi connectivity index (χ0v) is 10.7. The van der Waals surface area contributed by atoms with Gasteiger partial charge in [0.1, 0.15) is 17.1 Å². The molecule has 18 heavy (non-hydrogen) atoms. The maximum absolute atomic E-state index is 11.7. The van der Waals surface area contributed by atoms with E-state index in [1.807, 2.05) is 6.92 Å². The molecule has 1 unspecified atom stereocenters. The van der Waals surface area contributed by atoms with E-state index in [4.69, 9.17) is 10.2 Å². The molecule has 0 aliphatic rings. The molecule has 0 fully saturated rings. The zero-order chi connectivity index (χ0) is 13.7. The number of carbonyl (C=O) groups is 1. The van der Waals surface area contributed by atoms with Crippen LogP contribution in [0.15, 0.2) is 15.3 Å². The van der Waals surface area contributed by atoms with E-state index in [0.717, 1.165) is 12.8 Å². The van der Waals surface area contributed by atoms with Crippen molar-refractivity contribution < 1.29 is 14.3 Å². The van der Waals surface area contributed by atoms with Gasteiger partial charge in [0.25, 0.3) is 0 Å². The van der Waals surface area contributed by atoms with Crippen LogP contribution in [0.25, 0.3) is 0 Å². The summed E-state index contributed by atoms with van der Waals surface area (Å²) in [6, 6.07) is 1.35. The van der Waals surface area contributed by atoms with Crippen LogP contribution in [-0.2, 0) is 0 Å². The molecule has 0 saturated carbocycles. The van der Waals surface area contributed by atoms with Gasteiger partial charge in [-0.1, -0.05) is 13.8 Å². The fourth-order valence-electron chi connectivity index (χ4n) is 1.74. The maximum atomic E-state index is 11.7. The first kappa shape index (κ1) is 14.4. The standard InChI is InChI=1S/C13H19NO4/c1-3-9(15)12-10(16)7-11(18-13(12)17)8(2)5-4-6-14/h7-8,16H,3-6,14H2,1-2H3. The number of nitrogens with two attached hydrogens (primary N) is 1. The van der Waals surface area contributed by atoms with Crippen LogP contribution in [0.2, 0.25) is 0 Å². The first-order valence-corrected chi connectivity index (χ1v) is 6.11. The maximum Gasteiger partial charge on any atom is 0.350 e. The van der Waals surface area contributed by atoms with Crippen molar-refractivity contribution >= 4 is 5.78 Å². The average molecular weight is 253 g/mol. The molecule has 0 bridgehead atoms. The molecule has 0 aliphatic heterocycles. The Morgan fingerprint density at radius 1 is 1.56 bits per heavy atom. The molecule has 1 rings (SSSR count). The van der Waals surface area contributed by atoms with Crippen LogP contribution in [0.1, 0.15) is 55.1 Å². The Labute approximate surface area is 106 Å². The summed E-state index contributed by atoms with van der Waals surface area (Å²) in [5.41, 5.74) is 4.39. The molecular weight excluding hydrogens is 234 g/mol. The highest BCUT2D eigenvalue weighted by Gasteiger charge is 2.19. The normalized spacial score (nSPS) is 12.4. The van der Waals surface area contributed by atoms with Gasteiger partial charge in [0.2, 0.25) is 0 Å². The first-order valence-electron chi connectivity index (χ1n) is 6.11. The smallest absolute Gasteiger partial charge is 0.350 e. The predicted octanol–water partition coefficient (Wildman–Crippen LogP) is 1.78. The molecule has 1 heterocycles. The Kier molecular flexibility index (Phi) is 5.09. The minimum absolute atomic E-state index is 0.0158. The van der Waals surface area contributed by atoms with E-state index >= 15 is 0 Å². The van der Waals surface area contributed by atoms with Gasteiger partial charge in [-0.3, -0.25) is 4.79 Å². The van der Waals surface area contributed by atoms with Gasteiger partial charge < -0.3 is 15.3 Å². The van der Waals surface area contributed by atoms with E-state index in [-0.39, 0.29) is 23.7 Å². The van der Waals surface area contributed by atoms with Crippen molar-refractivity contribution in [2.75, 3.05) is 6.54 Å². The first-order chi connectivity index (χ1) is 8.51. The third-order valence-corrected chi connectivity index (χ3v) is 2.88. The van der Waals surface area contributed by atoms with Crippen LogP contribution in [0.4, 0.5) is 0 Å². The summed E-state index contributed by atoms with van der Waals surface area (Å²) >= 11 is 0. The van der Waals surface area contributed by atoms with E-state index in [1.165, 1.54) is 6.07 Å². The molecule has 0 radical (unpaired) electrons. The Morgan fingerprint density at radius 3 is 2.72 bits per heavy atom. The van der Waals surface area contributed by atoms with Crippen molar-refractivity contribution in [3.8, 4) is 5.75 Å². The van der Waals surface area contributed by atoms with E-state index in [0.29, 0.717) is 12.3 Å². The molecule has 0 spiro atoms. The third kappa shape index (κ3) is 3.20. The number of Topliss-reactive ketones (excluding diaryl/α,β-unsaturated/α-hetero) is 1. The monoisotopic (exact) mass is 253 g/mol. The van der Waals surface area contributed by atoms with E-state index in [2.05, 4.69) is 0 Å². The lowest BCUT2D eigenvalue weighted by molar-refractivity contribution is 0.0980. The Balaban J connectivity index is 3.06. The topological polar surface area (TPSA) is 93.5 Å². The molecule has 0 amide bonds. The van der Waals surface area contributed by atoms with Crippen LogP contribution in [-0.4, -0.2) is 17.4 Å². The van der Waals surface area contributed by atoms with Crippen molar-refractivity contribution in [1.82, 2.24) is 0 Å². The molecule has 1 aromatic heterocycles. The van der Waals surface area contributed by atoms with Crippen LogP contribution in [0.5, 0.6) is 5.75 Å². The summed E-state index contributed by atoms with van der Waals surface area (Å²) in [6.07, 6.45) is 1.72. The largest absolute Gasteiger partial charge is 0.507 e. The molecule has 5 heteroatoms. The molecular formula is C13H19NO4. The molecule has 0 saturated heterocycles. The summed E-state index contributed by atoms with van der Waals surface area (Å²) < 4.78 is 5.09. The van der Waals surface area contributed by atoms with Gasteiger partial charge in [-0.2, -0.15) is 0 Å². The predicted molar refractivity (Wildman–Crippen MR) is 68.0 cm³/mol. The van der Waals surface area contributed by atoms with Gasteiger partial charge >= 0.3 is 5.63 Å². The van der Waals surface area contributed by atoms with Crippen LogP contribution in [0, 0.1) is 0 Å². The molecule has 100 valence electrons. The SMILES string of the molecule is CCC(=O)c1c(O)cc(C(C)CCCN)oc1=O. The Bertz CT molecular complexity index is 478. The fourth-order valence-corrected chi connectivity index (χ4v) is 1.74. The lowest BCUT2D eigenvalue weighted by atomic mass is 10.0. The minimum atomic E-state index is -0.767. The quantitative estimate of drug-likeness (QED) is 0.754. The van der Waals surface area contributed by atoms with Crippen LogP contribution in [0.3, 0.4) is 0 Å². The van der Waals surface area contributed by atoms with Crippen LogP contribution >= 0.6 is 0 Å². The molecule has 3 N–H and O–H groups in total. The lowest BCUT2D eigenvalue weighted by Crippen LogP contribution is -2.15. The van der Waals surface area contributed by atoms with Crippen LogP contribution < -0.4 is 11.4 Å². The van der Waals surface area contributed by atoms with Crippen molar-refractivity contribution in [3.05, 3.63) is 27.8 Å². The van der Waals surface area contributed by atoms with Gasteiger partial charge in [-0.05, 0) is 19.4 Å². The number of aromatic hydroxyl groups is 1. The summed E-state index contributed by atoms with van der Waals surface area (Å²) in [7, 11) is 0. The number of hydrogen-bond donors (Lipinski definition) is 2. The Morgan fingerprint density at radius 2 is 2.22 bits per heavy atom. The van der Waals surface area contributed by atoms with E-state index < -0.39 is 11.4 Å². The second kappa shape index (κ2) is 6.35. The van der Waals surface area contributed by atoms with Crippen molar-refractivity contribution in [2.45, 2.75) is 39.0 Å². The molecule has 5 nitrogen and oxygen atoms in total. The highest BCUT2D eigenvalue weighted by atomic mass is 16.4. The highest BCUT2D eigenvalue weighted by Crippen LogP contribution is 2.24. The second-order valence-corrected chi connectivity index (χ2v) is 4.31. The molecule has 1 atom stereocenters. The van der Waals surface area contributed by atoms with Crippen molar-refractivity contribution in [3.63, 3.8) is 0 Å². The summed E-state index contributed by atoms with van der Waals surface area (Å²) in [4.78, 5) is 23.1. The van der Waals surface area contributed by atoms with Gasteiger partial charge in [-0.25, -0.2) is 4.79 Å². The van der Waals surface area contributed by atoms with Crippen molar-refractivity contribution in [1.29, 1.82) is 0 Å². The number of hydrogen-bond acceptors (Lipinski definition) is 5. The number of ketones is 1. The summed E-state index contributed by atoms with van der Waals surface area (Å²) in [6.45, 7) is 4.07. The third-order valence-electron chi connectivity index (χ3n) is 2.88. The second-order valence-electron chi connectivity index (χ2n) is 4.31. The Hall–Kier alpha value is -1.62. The summed E-state index contributed by atoms with van der Waals surface area (Å²) in [5, 5.41) is 9.74. The molecule has 1 aromatic rings. The average Bonchev–Trinajstić information content (AvgIpc) is 2.34. The minimum Gasteiger partial charge on any atom is -0.507 e. The molecule has 0 aliphatic carbocycles. The number of carbonyl (C=O) groups excluding carboxylic acids is 1. The van der Waals surface area contributed by atoms with E-state index in [1.54, 1.807) is 6.92 Å². The van der Waals surface area contributed by atoms with Gasteiger partial charge in [-0.15, -0.1) is 0 Å².